The Morgan fingerprint density at radius 2 is 1.91 bits per heavy atom. The van der Waals surface area contributed by atoms with Crippen LogP contribution in [0.5, 0.6) is 0 Å². The van der Waals surface area contributed by atoms with E-state index in [0.29, 0.717) is 12.0 Å². The molecule has 0 radical (unpaired) electrons. The fraction of sp³-hybridized carbons (Fsp3) is 0.529. The van der Waals surface area contributed by atoms with Crippen LogP contribution in [-0.2, 0) is 14.3 Å². The molecule has 5 nitrogen and oxygen atoms in total. The second kappa shape index (κ2) is 7.94. The predicted octanol–water partition coefficient (Wildman–Crippen LogP) is 4.23. The highest BCUT2D eigenvalue weighted by Gasteiger charge is 2.22. The van der Waals surface area contributed by atoms with Crippen molar-refractivity contribution in [1.82, 2.24) is 0 Å². The Morgan fingerprint density at radius 3 is 2.39 bits per heavy atom. The number of hydrogen-bond acceptors (Lipinski definition) is 4. The third-order valence-electron chi connectivity index (χ3n) is 3.01. The van der Waals surface area contributed by atoms with Gasteiger partial charge in [-0.1, -0.05) is 13.0 Å². The number of benzene rings is 1. The summed E-state index contributed by atoms with van der Waals surface area (Å²) in [6.45, 7) is 8.98. The van der Waals surface area contributed by atoms with E-state index < -0.39 is 23.4 Å². The molecule has 0 fully saturated rings. The minimum Gasteiger partial charge on any atom is -0.466 e. The number of carbonyl (C=O) groups excluding carboxylic acids is 2. The van der Waals surface area contributed by atoms with Gasteiger partial charge in [0.2, 0.25) is 0 Å². The summed E-state index contributed by atoms with van der Waals surface area (Å²) in [4.78, 5) is 23.5. The van der Waals surface area contributed by atoms with E-state index in [2.05, 4.69) is 5.32 Å². The van der Waals surface area contributed by atoms with Crippen molar-refractivity contribution in [1.29, 1.82) is 0 Å². The lowest BCUT2D eigenvalue weighted by Gasteiger charge is -2.20. The number of amides is 1. The average molecular weight is 325 g/mol. The first-order chi connectivity index (χ1) is 10.7. The molecular formula is C17H24FNO4. The smallest absolute Gasteiger partial charge is 0.412 e. The summed E-state index contributed by atoms with van der Waals surface area (Å²) in [7, 11) is 0. The molecule has 1 amide bonds. The number of carbonyl (C=O) groups is 2. The van der Waals surface area contributed by atoms with Gasteiger partial charge in [-0.15, -0.1) is 0 Å². The highest BCUT2D eigenvalue weighted by molar-refractivity contribution is 5.85. The van der Waals surface area contributed by atoms with Crippen molar-refractivity contribution in [3.8, 4) is 0 Å². The van der Waals surface area contributed by atoms with Gasteiger partial charge in [-0.2, -0.15) is 0 Å². The molecule has 1 unspecified atom stereocenters. The average Bonchev–Trinajstić information content (AvgIpc) is 2.41. The molecule has 1 atom stereocenters. The maximum Gasteiger partial charge on any atom is 0.412 e. The van der Waals surface area contributed by atoms with Crippen LogP contribution in [0.4, 0.5) is 14.9 Å². The summed E-state index contributed by atoms with van der Waals surface area (Å²) in [5.41, 5.74) is -0.155. The van der Waals surface area contributed by atoms with Crippen LogP contribution < -0.4 is 5.32 Å². The molecule has 1 rings (SSSR count). The third-order valence-corrected chi connectivity index (χ3v) is 3.01. The Morgan fingerprint density at radius 1 is 1.26 bits per heavy atom. The zero-order valence-electron chi connectivity index (χ0n) is 14.2. The van der Waals surface area contributed by atoms with Gasteiger partial charge in [-0.3, -0.25) is 10.1 Å². The maximum atomic E-state index is 14.2. The molecule has 1 aromatic rings. The van der Waals surface area contributed by atoms with Gasteiger partial charge in [-0.05, 0) is 51.8 Å². The van der Waals surface area contributed by atoms with Crippen LogP contribution in [-0.4, -0.2) is 24.3 Å². The minimum atomic E-state index is -0.735. The first kappa shape index (κ1) is 18.9. The number of rotatable bonds is 5. The third kappa shape index (κ3) is 5.88. The Kier molecular flexibility index (Phi) is 6.54. The molecule has 6 heteroatoms. The van der Waals surface area contributed by atoms with E-state index in [-0.39, 0.29) is 18.3 Å². The van der Waals surface area contributed by atoms with Crippen LogP contribution in [0.1, 0.15) is 52.5 Å². The number of hydrogen-bond donors (Lipinski definition) is 1. The highest BCUT2D eigenvalue weighted by atomic mass is 19.1. The van der Waals surface area contributed by atoms with Crippen molar-refractivity contribution in [3.05, 3.63) is 29.6 Å². The van der Waals surface area contributed by atoms with E-state index in [9.17, 15) is 14.0 Å². The van der Waals surface area contributed by atoms with Gasteiger partial charge in [0.15, 0.2) is 0 Å². The van der Waals surface area contributed by atoms with Crippen LogP contribution in [0, 0.1) is 5.82 Å². The van der Waals surface area contributed by atoms with Crippen molar-refractivity contribution >= 4 is 17.7 Å². The van der Waals surface area contributed by atoms with Crippen molar-refractivity contribution in [2.24, 2.45) is 0 Å². The van der Waals surface area contributed by atoms with Crippen LogP contribution in [0.25, 0.3) is 0 Å². The predicted molar refractivity (Wildman–Crippen MR) is 85.9 cm³/mol. The Labute approximate surface area is 136 Å². The molecule has 0 spiro atoms. The van der Waals surface area contributed by atoms with E-state index in [1.165, 1.54) is 12.1 Å². The van der Waals surface area contributed by atoms with Gasteiger partial charge >= 0.3 is 12.1 Å². The molecule has 0 aromatic heterocycles. The van der Waals surface area contributed by atoms with E-state index in [4.69, 9.17) is 9.47 Å². The van der Waals surface area contributed by atoms with Crippen LogP contribution in [0.15, 0.2) is 18.2 Å². The summed E-state index contributed by atoms with van der Waals surface area (Å²) < 4.78 is 24.2. The number of halogens is 1. The molecule has 0 saturated heterocycles. The summed E-state index contributed by atoms with van der Waals surface area (Å²) >= 11 is 0. The lowest BCUT2D eigenvalue weighted by Crippen LogP contribution is -2.27. The molecule has 23 heavy (non-hydrogen) atoms. The Balaban J connectivity index is 2.89. The number of esters is 1. The molecular weight excluding hydrogens is 301 g/mol. The topological polar surface area (TPSA) is 64.6 Å². The second-order valence-electron chi connectivity index (χ2n) is 6.08. The summed E-state index contributed by atoms with van der Waals surface area (Å²) in [6, 6.07) is 4.25. The van der Waals surface area contributed by atoms with Crippen molar-refractivity contribution in [2.45, 2.75) is 52.6 Å². The molecule has 0 bridgehead atoms. The molecule has 128 valence electrons. The van der Waals surface area contributed by atoms with Crippen LogP contribution in [0.2, 0.25) is 0 Å². The molecule has 0 aliphatic rings. The van der Waals surface area contributed by atoms with Gasteiger partial charge in [0.05, 0.1) is 18.2 Å². The van der Waals surface area contributed by atoms with Crippen molar-refractivity contribution < 1.29 is 23.5 Å². The standard InChI is InChI=1S/C17H24FNO4/c1-6-12(15(20)22-7-2)11-8-9-14(13(18)10-11)19-16(21)23-17(3,4)5/h8-10,12H,6-7H2,1-5H3,(H,19,21). The molecule has 0 saturated carbocycles. The quantitative estimate of drug-likeness (QED) is 0.823. The van der Waals surface area contributed by atoms with E-state index >= 15 is 0 Å². The van der Waals surface area contributed by atoms with Gasteiger partial charge in [0.25, 0.3) is 0 Å². The van der Waals surface area contributed by atoms with Crippen LogP contribution >= 0.6 is 0 Å². The Hall–Kier alpha value is -2.11. The molecule has 0 heterocycles. The summed E-state index contributed by atoms with van der Waals surface area (Å²) in [6.07, 6.45) is -0.238. The number of anilines is 1. The lowest BCUT2D eigenvalue weighted by molar-refractivity contribution is -0.145. The summed E-state index contributed by atoms with van der Waals surface area (Å²) in [5, 5.41) is 2.35. The summed E-state index contributed by atoms with van der Waals surface area (Å²) in [5.74, 6) is -1.54. The van der Waals surface area contributed by atoms with E-state index in [0.717, 1.165) is 0 Å². The van der Waals surface area contributed by atoms with Gasteiger partial charge in [0, 0.05) is 0 Å². The zero-order chi connectivity index (χ0) is 17.6. The van der Waals surface area contributed by atoms with Crippen molar-refractivity contribution in [3.63, 3.8) is 0 Å². The van der Waals surface area contributed by atoms with Crippen molar-refractivity contribution in [2.75, 3.05) is 11.9 Å². The van der Waals surface area contributed by atoms with Gasteiger partial charge in [-0.25, -0.2) is 9.18 Å². The normalized spacial score (nSPS) is 12.4. The minimum absolute atomic E-state index is 0.00159. The molecule has 0 aliphatic carbocycles. The largest absolute Gasteiger partial charge is 0.466 e. The van der Waals surface area contributed by atoms with Crippen LogP contribution in [0.3, 0.4) is 0 Å². The highest BCUT2D eigenvalue weighted by Crippen LogP contribution is 2.25. The first-order valence-corrected chi connectivity index (χ1v) is 7.64. The lowest BCUT2D eigenvalue weighted by atomic mass is 9.96. The van der Waals surface area contributed by atoms with Gasteiger partial charge < -0.3 is 9.47 Å². The maximum absolute atomic E-state index is 14.2. The first-order valence-electron chi connectivity index (χ1n) is 7.64. The zero-order valence-corrected chi connectivity index (χ0v) is 14.2. The molecule has 0 aliphatic heterocycles. The molecule has 1 N–H and O–H groups in total. The van der Waals surface area contributed by atoms with Gasteiger partial charge in [0.1, 0.15) is 11.4 Å². The SMILES string of the molecule is CCOC(=O)C(CC)c1ccc(NC(=O)OC(C)(C)C)c(F)c1. The van der Waals surface area contributed by atoms with E-state index in [1.807, 2.05) is 6.92 Å². The number of nitrogens with one attached hydrogen (secondary N) is 1. The second-order valence-corrected chi connectivity index (χ2v) is 6.08. The van der Waals surface area contributed by atoms with E-state index in [1.54, 1.807) is 33.8 Å². The fourth-order valence-corrected chi connectivity index (χ4v) is 2.04. The Bertz CT molecular complexity index is 566. The number of ether oxygens (including phenoxy) is 2. The monoisotopic (exact) mass is 325 g/mol. The molecule has 1 aromatic carbocycles. The fourth-order valence-electron chi connectivity index (χ4n) is 2.04.